The largest absolute Gasteiger partial charge is 0.507 e. The highest BCUT2D eigenvalue weighted by Gasteiger charge is 2.29. The summed E-state index contributed by atoms with van der Waals surface area (Å²) in [4.78, 5) is 10.1. The van der Waals surface area contributed by atoms with Crippen molar-refractivity contribution in [3.05, 3.63) is 72.2 Å². The molecular weight excluding hydrogens is 362 g/mol. The molecule has 6 nitrogen and oxygen atoms in total. The second kappa shape index (κ2) is 6.74. The van der Waals surface area contributed by atoms with Crippen molar-refractivity contribution in [3.8, 4) is 17.0 Å². The summed E-state index contributed by atoms with van der Waals surface area (Å²) in [6, 6.07) is 13.5. The van der Waals surface area contributed by atoms with Crippen LogP contribution in [0.3, 0.4) is 0 Å². The molecule has 2 N–H and O–H groups in total. The number of nitrogens with zero attached hydrogens (tertiary/aromatic N) is 4. The summed E-state index contributed by atoms with van der Waals surface area (Å²) in [5.41, 5.74) is 6.56. The van der Waals surface area contributed by atoms with Crippen LogP contribution in [0.5, 0.6) is 5.75 Å². The van der Waals surface area contributed by atoms with Gasteiger partial charge in [0.15, 0.2) is 5.65 Å². The van der Waals surface area contributed by atoms with E-state index in [1.807, 2.05) is 30.5 Å². The van der Waals surface area contributed by atoms with Gasteiger partial charge in [-0.1, -0.05) is 18.7 Å². The molecule has 4 heterocycles. The fourth-order valence-electron chi connectivity index (χ4n) is 4.22. The number of rotatable bonds is 3. The van der Waals surface area contributed by atoms with E-state index < -0.39 is 0 Å². The second-order valence-electron chi connectivity index (χ2n) is 7.29. The van der Waals surface area contributed by atoms with Crippen molar-refractivity contribution in [1.82, 2.24) is 20.2 Å². The Balaban J connectivity index is 1.61. The van der Waals surface area contributed by atoms with Crippen molar-refractivity contribution in [1.29, 1.82) is 0 Å². The molecule has 1 aliphatic heterocycles. The SMILES string of the molecule is C=Cc1cc(N2CCc3[nH]c4nnc(-c5ccccc5O)cc4c3[C@@H]2C)ccn1. The lowest BCUT2D eigenvalue weighted by molar-refractivity contribution is 0.477. The smallest absolute Gasteiger partial charge is 0.160 e. The first-order valence-electron chi connectivity index (χ1n) is 9.67. The molecule has 6 heteroatoms. The standard InChI is InChI=1S/C23H21N5O/c1-3-15-12-16(8-10-24-15)28-11-9-19-22(14(28)2)18-13-20(26-27-23(18)25-19)17-6-4-5-7-21(17)29/h3-8,10,12-14,29H,1,9,11H2,2H3,(H,25,27)/t14-/m0/s1. The normalized spacial score (nSPS) is 16.0. The minimum Gasteiger partial charge on any atom is -0.507 e. The van der Waals surface area contributed by atoms with Crippen molar-refractivity contribution in [3.63, 3.8) is 0 Å². The minimum absolute atomic E-state index is 0.161. The van der Waals surface area contributed by atoms with Crippen molar-refractivity contribution in [2.45, 2.75) is 19.4 Å². The van der Waals surface area contributed by atoms with Gasteiger partial charge in [0.25, 0.3) is 0 Å². The molecule has 0 amide bonds. The molecule has 0 bridgehead atoms. The van der Waals surface area contributed by atoms with Crippen molar-refractivity contribution < 1.29 is 5.11 Å². The number of phenols is 1. The van der Waals surface area contributed by atoms with Gasteiger partial charge in [0.2, 0.25) is 0 Å². The molecular formula is C23H21N5O. The van der Waals surface area contributed by atoms with E-state index >= 15 is 0 Å². The monoisotopic (exact) mass is 383 g/mol. The highest BCUT2D eigenvalue weighted by atomic mass is 16.3. The third-order valence-corrected chi connectivity index (χ3v) is 5.65. The Kier molecular flexibility index (Phi) is 4.05. The van der Waals surface area contributed by atoms with Gasteiger partial charge >= 0.3 is 0 Å². The van der Waals surface area contributed by atoms with Gasteiger partial charge in [-0.15, -0.1) is 10.2 Å². The van der Waals surface area contributed by atoms with E-state index in [-0.39, 0.29) is 11.8 Å². The zero-order valence-corrected chi connectivity index (χ0v) is 16.1. The fraction of sp³-hybridized carbons (Fsp3) is 0.174. The summed E-state index contributed by atoms with van der Waals surface area (Å²) in [6.07, 6.45) is 4.49. The fourth-order valence-corrected chi connectivity index (χ4v) is 4.22. The van der Waals surface area contributed by atoms with Crippen LogP contribution in [0.1, 0.15) is 29.9 Å². The molecule has 29 heavy (non-hydrogen) atoms. The Hall–Kier alpha value is -3.67. The number of nitrogens with one attached hydrogen (secondary N) is 1. The third kappa shape index (κ3) is 2.84. The second-order valence-corrected chi connectivity index (χ2v) is 7.29. The van der Waals surface area contributed by atoms with Crippen molar-refractivity contribution in [2.75, 3.05) is 11.4 Å². The lowest BCUT2D eigenvalue weighted by atomic mass is 9.96. The van der Waals surface area contributed by atoms with Gasteiger partial charge in [0.05, 0.1) is 17.4 Å². The van der Waals surface area contributed by atoms with E-state index in [0.29, 0.717) is 11.3 Å². The molecule has 0 saturated carbocycles. The number of phenolic OH excluding ortho intramolecular Hbond substituents is 1. The number of pyridine rings is 1. The Morgan fingerprint density at radius 1 is 1.21 bits per heavy atom. The number of fused-ring (bicyclic) bond motifs is 3. The van der Waals surface area contributed by atoms with Crippen LogP contribution in [-0.4, -0.2) is 31.8 Å². The first-order valence-corrected chi connectivity index (χ1v) is 9.67. The first kappa shape index (κ1) is 17.4. The Morgan fingerprint density at radius 3 is 2.90 bits per heavy atom. The molecule has 0 aliphatic carbocycles. The number of H-pyrrole nitrogens is 1. The van der Waals surface area contributed by atoms with Crippen LogP contribution < -0.4 is 4.90 Å². The number of para-hydroxylation sites is 1. The van der Waals surface area contributed by atoms with Crippen LogP contribution in [0.25, 0.3) is 28.4 Å². The van der Waals surface area contributed by atoms with Gasteiger partial charge in [-0.25, -0.2) is 0 Å². The summed E-state index contributed by atoms with van der Waals surface area (Å²) in [5.74, 6) is 0.203. The van der Waals surface area contributed by atoms with E-state index in [0.717, 1.165) is 35.4 Å². The quantitative estimate of drug-likeness (QED) is 0.545. The van der Waals surface area contributed by atoms with E-state index in [4.69, 9.17) is 0 Å². The number of hydrogen-bond acceptors (Lipinski definition) is 5. The number of anilines is 1. The van der Waals surface area contributed by atoms with Gasteiger partial charge in [-0.3, -0.25) is 4.98 Å². The molecule has 0 fully saturated rings. The Labute approximate surface area is 168 Å². The maximum absolute atomic E-state index is 10.2. The van der Waals surface area contributed by atoms with Crippen LogP contribution >= 0.6 is 0 Å². The van der Waals surface area contributed by atoms with Gasteiger partial charge in [-0.05, 0) is 43.3 Å². The first-order chi connectivity index (χ1) is 14.2. The van der Waals surface area contributed by atoms with Crippen LogP contribution in [0.15, 0.2) is 55.2 Å². The van der Waals surface area contributed by atoms with E-state index in [2.05, 4.69) is 44.6 Å². The Morgan fingerprint density at radius 2 is 2.07 bits per heavy atom. The molecule has 144 valence electrons. The van der Waals surface area contributed by atoms with Crippen LogP contribution in [0.2, 0.25) is 0 Å². The van der Waals surface area contributed by atoms with Crippen LogP contribution in [-0.2, 0) is 6.42 Å². The zero-order valence-electron chi connectivity index (χ0n) is 16.1. The highest BCUT2D eigenvalue weighted by Crippen LogP contribution is 2.39. The Bertz CT molecular complexity index is 1230. The van der Waals surface area contributed by atoms with Gasteiger partial charge in [0, 0.05) is 47.1 Å². The highest BCUT2D eigenvalue weighted by molar-refractivity contribution is 5.86. The molecule has 0 unspecified atom stereocenters. The molecule has 5 rings (SSSR count). The predicted molar refractivity (Wildman–Crippen MR) is 115 cm³/mol. The third-order valence-electron chi connectivity index (χ3n) is 5.65. The maximum Gasteiger partial charge on any atom is 0.160 e. The molecule has 1 aromatic carbocycles. The number of hydrogen-bond donors (Lipinski definition) is 2. The summed E-state index contributed by atoms with van der Waals surface area (Å²) in [7, 11) is 0. The number of benzene rings is 1. The topological polar surface area (TPSA) is 77.9 Å². The van der Waals surface area contributed by atoms with Crippen LogP contribution in [0.4, 0.5) is 5.69 Å². The summed E-state index contributed by atoms with van der Waals surface area (Å²) in [6.45, 7) is 6.94. The molecule has 1 aliphatic rings. The predicted octanol–water partition coefficient (Wildman–Crippen LogP) is 4.49. The van der Waals surface area contributed by atoms with E-state index in [1.165, 1.54) is 11.3 Å². The van der Waals surface area contributed by atoms with Gasteiger partial charge in [0.1, 0.15) is 5.75 Å². The van der Waals surface area contributed by atoms with Crippen molar-refractivity contribution in [2.24, 2.45) is 0 Å². The van der Waals surface area contributed by atoms with Crippen LogP contribution in [0, 0.1) is 0 Å². The number of aromatic hydroxyl groups is 1. The summed E-state index contributed by atoms with van der Waals surface area (Å²) in [5, 5.41) is 20.0. The van der Waals surface area contributed by atoms with Gasteiger partial charge < -0.3 is 15.0 Å². The molecule has 0 radical (unpaired) electrons. The number of aromatic nitrogens is 4. The lowest BCUT2D eigenvalue weighted by Gasteiger charge is -2.35. The molecule has 1 atom stereocenters. The molecule has 0 saturated heterocycles. The molecule has 4 aromatic rings. The van der Waals surface area contributed by atoms with E-state index in [1.54, 1.807) is 18.2 Å². The maximum atomic E-state index is 10.2. The summed E-state index contributed by atoms with van der Waals surface area (Å²) >= 11 is 0. The molecule has 0 spiro atoms. The average molecular weight is 383 g/mol. The van der Waals surface area contributed by atoms with Gasteiger partial charge in [-0.2, -0.15) is 0 Å². The summed E-state index contributed by atoms with van der Waals surface area (Å²) < 4.78 is 0. The van der Waals surface area contributed by atoms with E-state index in [9.17, 15) is 5.11 Å². The number of aromatic amines is 1. The zero-order chi connectivity index (χ0) is 20.0. The molecule has 3 aromatic heterocycles. The lowest BCUT2D eigenvalue weighted by Crippen LogP contribution is -2.33. The van der Waals surface area contributed by atoms with Crippen molar-refractivity contribution >= 4 is 22.8 Å². The average Bonchev–Trinajstić information content (AvgIpc) is 3.13. The minimum atomic E-state index is 0.161.